The summed E-state index contributed by atoms with van der Waals surface area (Å²) in [5.41, 5.74) is 1.91. The zero-order chi connectivity index (χ0) is 15.1. The first-order chi connectivity index (χ1) is 9.40. The van der Waals surface area contributed by atoms with Crippen molar-refractivity contribution in [2.24, 2.45) is 0 Å². The number of carbonyl (C=O) groups is 2. The van der Waals surface area contributed by atoms with Gasteiger partial charge in [-0.3, -0.25) is 4.79 Å². The molecule has 110 valence electrons. The van der Waals surface area contributed by atoms with Crippen molar-refractivity contribution in [3.63, 3.8) is 0 Å². The molecule has 0 saturated heterocycles. The molecule has 0 heterocycles. The van der Waals surface area contributed by atoms with Crippen LogP contribution in [0.3, 0.4) is 0 Å². The first kappa shape index (κ1) is 16.5. The molecule has 0 aliphatic heterocycles. The Balaban J connectivity index is 2.40. The summed E-state index contributed by atoms with van der Waals surface area (Å²) >= 11 is 1.56. The highest BCUT2D eigenvalue weighted by molar-refractivity contribution is 7.98. The van der Waals surface area contributed by atoms with E-state index in [0.29, 0.717) is 17.9 Å². The van der Waals surface area contributed by atoms with Gasteiger partial charge in [0, 0.05) is 12.7 Å². The smallest absolute Gasteiger partial charge is 0.326 e. The van der Waals surface area contributed by atoms with E-state index in [1.165, 1.54) is 19.1 Å². The van der Waals surface area contributed by atoms with Gasteiger partial charge in [-0.05, 0) is 42.4 Å². The van der Waals surface area contributed by atoms with E-state index in [9.17, 15) is 14.0 Å². The lowest BCUT2D eigenvalue weighted by molar-refractivity contribution is -0.141. The van der Waals surface area contributed by atoms with Crippen LogP contribution in [0.4, 0.5) is 4.39 Å². The van der Waals surface area contributed by atoms with Crippen LogP contribution >= 0.6 is 11.8 Å². The quantitative estimate of drug-likeness (QED) is 0.758. The minimum absolute atomic E-state index is 0.257. The molecule has 0 saturated carbocycles. The number of hydrogen-bond donors (Lipinski definition) is 2. The van der Waals surface area contributed by atoms with Crippen LogP contribution in [0.5, 0.6) is 0 Å². The van der Waals surface area contributed by atoms with Gasteiger partial charge in [-0.2, -0.15) is 11.8 Å². The number of halogens is 1. The molecule has 1 rings (SSSR count). The van der Waals surface area contributed by atoms with Gasteiger partial charge < -0.3 is 10.4 Å². The SMILES string of the molecule is CC(=O)NC(CCSCc1ccc(F)cc1C)C(=O)O. The van der Waals surface area contributed by atoms with Gasteiger partial charge in [0.1, 0.15) is 11.9 Å². The maximum Gasteiger partial charge on any atom is 0.326 e. The largest absolute Gasteiger partial charge is 0.480 e. The van der Waals surface area contributed by atoms with Gasteiger partial charge >= 0.3 is 5.97 Å². The number of thioether (sulfide) groups is 1. The molecular formula is C14H18FNO3S. The van der Waals surface area contributed by atoms with Crippen molar-refractivity contribution in [3.8, 4) is 0 Å². The van der Waals surface area contributed by atoms with Gasteiger partial charge in [0.15, 0.2) is 0 Å². The molecule has 1 aromatic carbocycles. The number of carboxylic acids is 1. The molecule has 0 fully saturated rings. The third kappa shape index (κ3) is 5.61. The standard InChI is InChI=1S/C14H18FNO3S/c1-9-7-12(15)4-3-11(9)8-20-6-5-13(14(18)19)16-10(2)17/h3-4,7,13H,5-6,8H2,1-2H3,(H,16,17)(H,18,19). The van der Waals surface area contributed by atoms with E-state index in [4.69, 9.17) is 5.11 Å². The van der Waals surface area contributed by atoms with Crippen LogP contribution in [0.2, 0.25) is 0 Å². The third-order valence-corrected chi connectivity index (χ3v) is 3.83. The summed E-state index contributed by atoms with van der Waals surface area (Å²) in [6.07, 6.45) is 0.361. The summed E-state index contributed by atoms with van der Waals surface area (Å²) in [6.45, 7) is 3.14. The average Bonchev–Trinajstić information content (AvgIpc) is 2.34. The predicted molar refractivity (Wildman–Crippen MR) is 77.2 cm³/mol. The fraction of sp³-hybridized carbons (Fsp3) is 0.429. The van der Waals surface area contributed by atoms with Gasteiger partial charge in [0.05, 0.1) is 0 Å². The molecule has 0 aliphatic carbocycles. The minimum Gasteiger partial charge on any atom is -0.480 e. The van der Waals surface area contributed by atoms with Crippen molar-refractivity contribution in [3.05, 3.63) is 35.1 Å². The van der Waals surface area contributed by atoms with Crippen molar-refractivity contribution < 1.29 is 19.1 Å². The normalized spacial score (nSPS) is 11.9. The number of aliphatic carboxylic acids is 1. The first-order valence-corrected chi connectivity index (χ1v) is 7.38. The van der Waals surface area contributed by atoms with Crippen molar-refractivity contribution in [2.45, 2.75) is 32.1 Å². The Hall–Kier alpha value is -1.56. The molecule has 6 heteroatoms. The van der Waals surface area contributed by atoms with Gasteiger partial charge in [0.25, 0.3) is 0 Å². The molecule has 0 spiro atoms. The maximum absolute atomic E-state index is 12.9. The van der Waals surface area contributed by atoms with E-state index in [-0.39, 0.29) is 11.7 Å². The number of hydrogen-bond acceptors (Lipinski definition) is 3. The lowest BCUT2D eigenvalue weighted by Crippen LogP contribution is -2.39. The molecule has 0 aromatic heterocycles. The monoisotopic (exact) mass is 299 g/mol. The maximum atomic E-state index is 12.9. The van der Waals surface area contributed by atoms with Crippen molar-refractivity contribution in [1.82, 2.24) is 5.32 Å². The second kappa shape index (κ2) is 7.89. The summed E-state index contributed by atoms with van der Waals surface area (Å²) < 4.78 is 12.9. The number of nitrogens with one attached hydrogen (secondary N) is 1. The van der Waals surface area contributed by atoms with Gasteiger partial charge in [0.2, 0.25) is 5.91 Å². The van der Waals surface area contributed by atoms with E-state index in [1.807, 2.05) is 6.92 Å². The van der Waals surface area contributed by atoms with E-state index < -0.39 is 12.0 Å². The molecule has 1 atom stereocenters. The molecule has 1 amide bonds. The second-order valence-corrected chi connectivity index (χ2v) is 5.61. The molecule has 2 N–H and O–H groups in total. The zero-order valence-corrected chi connectivity index (χ0v) is 12.3. The van der Waals surface area contributed by atoms with E-state index in [1.54, 1.807) is 17.8 Å². The van der Waals surface area contributed by atoms with Crippen LogP contribution in [0.25, 0.3) is 0 Å². The fourth-order valence-electron chi connectivity index (χ4n) is 1.71. The zero-order valence-electron chi connectivity index (χ0n) is 11.5. The lowest BCUT2D eigenvalue weighted by atomic mass is 10.1. The molecule has 1 aromatic rings. The van der Waals surface area contributed by atoms with Gasteiger partial charge in [-0.25, -0.2) is 9.18 Å². The van der Waals surface area contributed by atoms with Gasteiger partial charge in [-0.15, -0.1) is 0 Å². The summed E-state index contributed by atoms with van der Waals surface area (Å²) in [5, 5.41) is 11.3. The summed E-state index contributed by atoms with van der Waals surface area (Å²) in [5.74, 6) is -0.338. The highest BCUT2D eigenvalue weighted by atomic mass is 32.2. The Morgan fingerprint density at radius 2 is 2.15 bits per heavy atom. The Morgan fingerprint density at radius 3 is 2.70 bits per heavy atom. The average molecular weight is 299 g/mol. The van der Waals surface area contributed by atoms with E-state index in [0.717, 1.165) is 11.1 Å². The number of carbonyl (C=O) groups excluding carboxylic acids is 1. The first-order valence-electron chi connectivity index (χ1n) is 6.23. The van der Waals surface area contributed by atoms with Crippen molar-refractivity contribution in [1.29, 1.82) is 0 Å². The minimum atomic E-state index is -1.03. The molecular weight excluding hydrogens is 281 g/mol. The molecule has 1 unspecified atom stereocenters. The molecule has 20 heavy (non-hydrogen) atoms. The predicted octanol–water partition coefficient (Wildman–Crippen LogP) is 2.35. The van der Waals surface area contributed by atoms with E-state index in [2.05, 4.69) is 5.32 Å². The Labute approximate surface area is 121 Å². The Kier molecular flexibility index (Phi) is 6.51. The van der Waals surface area contributed by atoms with Gasteiger partial charge in [-0.1, -0.05) is 6.07 Å². The lowest BCUT2D eigenvalue weighted by Gasteiger charge is -2.13. The van der Waals surface area contributed by atoms with Crippen molar-refractivity contribution >= 4 is 23.6 Å². The van der Waals surface area contributed by atoms with Crippen LogP contribution in [0.1, 0.15) is 24.5 Å². The summed E-state index contributed by atoms with van der Waals surface area (Å²) in [6, 6.07) is 3.78. The van der Waals surface area contributed by atoms with Crippen LogP contribution < -0.4 is 5.32 Å². The van der Waals surface area contributed by atoms with Crippen molar-refractivity contribution in [2.75, 3.05) is 5.75 Å². The number of rotatable bonds is 7. The van der Waals surface area contributed by atoms with Crippen LogP contribution in [0.15, 0.2) is 18.2 Å². The number of carboxylic acid groups (broad SMARTS) is 1. The van der Waals surface area contributed by atoms with Crippen LogP contribution in [-0.4, -0.2) is 28.8 Å². The van der Waals surface area contributed by atoms with E-state index >= 15 is 0 Å². The fourth-order valence-corrected chi connectivity index (χ4v) is 2.80. The summed E-state index contributed by atoms with van der Waals surface area (Å²) in [7, 11) is 0. The molecule has 0 bridgehead atoms. The highest BCUT2D eigenvalue weighted by Gasteiger charge is 2.17. The number of aryl methyl sites for hydroxylation is 1. The van der Waals surface area contributed by atoms with Crippen LogP contribution in [-0.2, 0) is 15.3 Å². The second-order valence-electron chi connectivity index (χ2n) is 4.50. The Morgan fingerprint density at radius 1 is 1.45 bits per heavy atom. The third-order valence-electron chi connectivity index (χ3n) is 2.79. The molecule has 0 aliphatic rings. The number of benzene rings is 1. The molecule has 4 nitrogen and oxygen atoms in total. The Bertz CT molecular complexity index is 493. The topological polar surface area (TPSA) is 66.4 Å². The number of amides is 1. The molecule has 0 radical (unpaired) electrons. The highest BCUT2D eigenvalue weighted by Crippen LogP contribution is 2.18. The van der Waals surface area contributed by atoms with Crippen LogP contribution in [0, 0.1) is 12.7 Å². The summed E-state index contributed by atoms with van der Waals surface area (Å²) in [4.78, 5) is 21.8.